The molecule has 1 aromatic heterocycles. The normalized spacial score (nSPS) is 11.1. The first-order valence-electron chi connectivity index (χ1n) is 3.20. The molecule has 0 radical (unpaired) electrons. The molecule has 0 aliphatic carbocycles. The van der Waals surface area contributed by atoms with E-state index in [9.17, 15) is 4.79 Å². The summed E-state index contributed by atoms with van der Waals surface area (Å²) in [5, 5.41) is 1.94. The molecule has 56 valence electrons. The largest absolute Gasteiger partial charge is 0.298 e. The minimum Gasteiger partial charge on any atom is -0.298 e. The van der Waals surface area contributed by atoms with Gasteiger partial charge in [-0.15, -0.1) is 11.3 Å². The third-order valence-electron chi connectivity index (χ3n) is 1.23. The van der Waals surface area contributed by atoms with Crippen molar-refractivity contribution in [3.05, 3.63) is 41.1 Å². The van der Waals surface area contributed by atoms with Gasteiger partial charge in [0.25, 0.3) is 0 Å². The summed E-state index contributed by atoms with van der Waals surface area (Å²) in [6, 6.07) is 3.83. The van der Waals surface area contributed by atoms with E-state index in [-0.39, 0.29) is 0 Å². The van der Waals surface area contributed by atoms with Gasteiger partial charge in [-0.25, -0.2) is 0 Å². The molecule has 1 aromatic rings. The molecular formula is C9H8OS. The van der Waals surface area contributed by atoms with Gasteiger partial charge in [0.2, 0.25) is 0 Å². The zero-order valence-corrected chi connectivity index (χ0v) is 6.80. The molecule has 0 unspecified atom stereocenters. The Balaban J connectivity index is 2.97. The summed E-state index contributed by atoms with van der Waals surface area (Å²) in [6.45, 7) is 3.53. The fourth-order valence-corrected chi connectivity index (χ4v) is 1.46. The molecule has 0 fully saturated rings. The van der Waals surface area contributed by atoms with E-state index >= 15 is 0 Å². The maximum atomic E-state index is 10.5. The zero-order valence-electron chi connectivity index (χ0n) is 5.99. The number of aldehydes is 1. The molecule has 2 heteroatoms. The van der Waals surface area contributed by atoms with E-state index in [4.69, 9.17) is 0 Å². The van der Waals surface area contributed by atoms with Crippen LogP contribution in [0.15, 0.2) is 36.2 Å². The predicted octanol–water partition coefficient (Wildman–Crippen LogP) is 2.52. The van der Waals surface area contributed by atoms with E-state index in [0.29, 0.717) is 5.57 Å². The molecule has 0 atom stereocenters. The lowest BCUT2D eigenvalue weighted by molar-refractivity contribution is -0.103. The number of hydrogen-bond donors (Lipinski definition) is 0. The van der Waals surface area contributed by atoms with Gasteiger partial charge >= 0.3 is 0 Å². The second-order valence-corrected chi connectivity index (χ2v) is 2.90. The van der Waals surface area contributed by atoms with Gasteiger partial charge in [0.15, 0.2) is 6.29 Å². The van der Waals surface area contributed by atoms with Crippen molar-refractivity contribution in [1.82, 2.24) is 0 Å². The van der Waals surface area contributed by atoms with Crippen LogP contribution >= 0.6 is 11.3 Å². The minimum absolute atomic E-state index is 0.690. The maximum Gasteiger partial charge on any atom is 0.151 e. The summed E-state index contributed by atoms with van der Waals surface area (Å²) in [5.74, 6) is 0. The minimum atomic E-state index is 0.690. The molecule has 11 heavy (non-hydrogen) atoms. The molecule has 0 aliphatic rings. The number of carbonyl (C=O) groups excluding carboxylic acids is 1. The fraction of sp³-hybridized carbons (Fsp3) is 0. The van der Waals surface area contributed by atoms with Crippen molar-refractivity contribution in [2.75, 3.05) is 0 Å². The van der Waals surface area contributed by atoms with Crippen molar-refractivity contribution in [3.8, 4) is 0 Å². The van der Waals surface area contributed by atoms with Crippen LogP contribution in [0.4, 0.5) is 0 Å². The summed E-state index contributed by atoms with van der Waals surface area (Å²) in [5.41, 5.74) is 0.690. The number of thiophene rings is 1. The molecule has 0 bridgehead atoms. The smallest absolute Gasteiger partial charge is 0.151 e. The van der Waals surface area contributed by atoms with Gasteiger partial charge in [0.1, 0.15) is 0 Å². The highest BCUT2D eigenvalue weighted by Crippen LogP contribution is 2.17. The first kappa shape index (κ1) is 7.95. The molecule has 0 N–H and O–H groups in total. The van der Waals surface area contributed by atoms with Crippen molar-refractivity contribution in [2.24, 2.45) is 0 Å². The van der Waals surface area contributed by atoms with Crippen LogP contribution in [0.25, 0.3) is 5.57 Å². The van der Waals surface area contributed by atoms with Crippen molar-refractivity contribution < 1.29 is 4.79 Å². The highest BCUT2D eigenvalue weighted by molar-refractivity contribution is 7.11. The summed E-state index contributed by atoms with van der Waals surface area (Å²) in [6.07, 6.45) is 4.16. The van der Waals surface area contributed by atoms with Crippen molar-refractivity contribution in [3.63, 3.8) is 0 Å². The van der Waals surface area contributed by atoms with Gasteiger partial charge < -0.3 is 0 Å². The molecule has 0 saturated heterocycles. The van der Waals surface area contributed by atoms with Crippen molar-refractivity contribution >= 4 is 23.2 Å². The Hall–Kier alpha value is -1.15. The third kappa shape index (κ3) is 1.88. The van der Waals surface area contributed by atoms with Crippen molar-refractivity contribution in [1.29, 1.82) is 0 Å². The molecule has 0 amide bonds. The molecule has 1 nitrogen and oxygen atoms in total. The summed E-state index contributed by atoms with van der Waals surface area (Å²) >= 11 is 1.55. The Morgan fingerprint density at radius 1 is 1.64 bits per heavy atom. The van der Waals surface area contributed by atoms with Gasteiger partial charge in [0, 0.05) is 10.5 Å². The maximum absolute atomic E-state index is 10.5. The van der Waals surface area contributed by atoms with Crippen LogP contribution in [-0.2, 0) is 4.79 Å². The second kappa shape index (κ2) is 3.88. The average Bonchev–Trinajstić information content (AvgIpc) is 2.52. The lowest BCUT2D eigenvalue weighted by Crippen LogP contribution is -1.78. The van der Waals surface area contributed by atoms with Crippen LogP contribution in [0.2, 0.25) is 0 Å². The summed E-state index contributed by atoms with van der Waals surface area (Å²) < 4.78 is 0. The Labute approximate surface area is 69.7 Å². The van der Waals surface area contributed by atoms with E-state index in [2.05, 4.69) is 6.58 Å². The van der Waals surface area contributed by atoms with Crippen LogP contribution in [-0.4, -0.2) is 6.29 Å². The summed E-state index contributed by atoms with van der Waals surface area (Å²) in [4.78, 5) is 11.5. The SMILES string of the molecule is C=CC=C(C=O)c1cccs1. The van der Waals surface area contributed by atoms with Gasteiger partial charge in [-0.1, -0.05) is 24.8 Å². The van der Waals surface area contributed by atoms with Gasteiger partial charge in [0.05, 0.1) is 0 Å². The molecule has 0 aliphatic heterocycles. The molecule has 1 heterocycles. The monoisotopic (exact) mass is 164 g/mol. The molecular weight excluding hydrogens is 156 g/mol. The number of hydrogen-bond acceptors (Lipinski definition) is 2. The fourth-order valence-electron chi connectivity index (χ4n) is 0.749. The molecule has 0 spiro atoms. The van der Waals surface area contributed by atoms with E-state index in [1.807, 2.05) is 17.5 Å². The lowest BCUT2D eigenvalue weighted by atomic mass is 10.2. The van der Waals surface area contributed by atoms with E-state index < -0.39 is 0 Å². The summed E-state index contributed by atoms with van der Waals surface area (Å²) in [7, 11) is 0. The van der Waals surface area contributed by atoms with Gasteiger partial charge in [-0.2, -0.15) is 0 Å². The van der Waals surface area contributed by atoms with Crippen LogP contribution in [0.1, 0.15) is 4.88 Å². The topological polar surface area (TPSA) is 17.1 Å². The van der Waals surface area contributed by atoms with E-state index in [1.165, 1.54) is 0 Å². The highest BCUT2D eigenvalue weighted by Gasteiger charge is 1.97. The number of allylic oxidation sites excluding steroid dienone is 3. The standard InChI is InChI=1S/C9H8OS/c1-2-4-8(7-10)9-5-3-6-11-9/h2-7H,1H2. The van der Waals surface area contributed by atoms with Crippen molar-refractivity contribution in [2.45, 2.75) is 0 Å². The molecule has 0 aromatic carbocycles. The predicted molar refractivity (Wildman–Crippen MR) is 48.6 cm³/mol. The van der Waals surface area contributed by atoms with Gasteiger partial charge in [-0.3, -0.25) is 4.79 Å². The van der Waals surface area contributed by atoms with Crippen LogP contribution in [0.5, 0.6) is 0 Å². The highest BCUT2D eigenvalue weighted by atomic mass is 32.1. The quantitative estimate of drug-likeness (QED) is 0.381. The van der Waals surface area contributed by atoms with E-state index in [1.54, 1.807) is 23.5 Å². The Bertz CT molecular complexity index is 270. The first-order chi connectivity index (χ1) is 5.38. The Kier molecular flexibility index (Phi) is 2.81. The average molecular weight is 164 g/mol. The lowest BCUT2D eigenvalue weighted by Gasteiger charge is -1.89. The van der Waals surface area contributed by atoms with E-state index in [0.717, 1.165) is 11.2 Å². The second-order valence-electron chi connectivity index (χ2n) is 1.95. The van der Waals surface area contributed by atoms with Crippen LogP contribution in [0, 0.1) is 0 Å². The Morgan fingerprint density at radius 2 is 2.45 bits per heavy atom. The van der Waals surface area contributed by atoms with Crippen LogP contribution < -0.4 is 0 Å². The third-order valence-corrected chi connectivity index (χ3v) is 2.15. The molecule has 0 saturated carbocycles. The van der Waals surface area contributed by atoms with Crippen LogP contribution in [0.3, 0.4) is 0 Å². The number of carbonyl (C=O) groups is 1. The number of rotatable bonds is 3. The van der Waals surface area contributed by atoms with Gasteiger partial charge in [-0.05, 0) is 11.4 Å². The Morgan fingerprint density at radius 3 is 2.91 bits per heavy atom. The molecule has 1 rings (SSSR count). The zero-order chi connectivity index (χ0) is 8.10. The first-order valence-corrected chi connectivity index (χ1v) is 4.08.